The molecule has 0 heterocycles. The minimum atomic E-state index is 0.426. The Bertz CT molecular complexity index is 329. The Morgan fingerprint density at radius 1 is 1.29 bits per heavy atom. The summed E-state index contributed by atoms with van der Waals surface area (Å²) in [5.41, 5.74) is 1.29. The van der Waals surface area contributed by atoms with E-state index in [0.29, 0.717) is 11.0 Å². The number of ketones is 1. The average molecular weight is 206 g/mol. The Morgan fingerprint density at radius 3 is 2.57 bits per heavy atom. The smallest absolute Gasteiger partial charge is 0.134 e. The van der Waals surface area contributed by atoms with E-state index in [0.717, 1.165) is 19.3 Å². The molecule has 74 valence electrons. The van der Waals surface area contributed by atoms with Crippen LogP contribution in [0.15, 0.2) is 29.2 Å². The van der Waals surface area contributed by atoms with Crippen LogP contribution in [0.2, 0.25) is 0 Å². The number of benzene rings is 1. The molecule has 2 rings (SSSR count). The first-order valence-corrected chi connectivity index (χ1v) is 5.87. The predicted octanol–water partition coefficient (Wildman–Crippen LogP) is 3.21. The van der Waals surface area contributed by atoms with Crippen LogP contribution in [0.5, 0.6) is 0 Å². The van der Waals surface area contributed by atoms with E-state index in [9.17, 15) is 4.79 Å². The maximum absolute atomic E-state index is 11.1. The quantitative estimate of drug-likeness (QED) is 0.739. The first-order valence-electron chi connectivity index (χ1n) is 4.99. The molecule has 0 spiro atoms. The second-order valence-corrected chi connectivity index (χ2v) is 5.21. The van der Waals surface area contributed by atoms with Crippen molar-refractivity contribution in [2.45, 2.75) is 36.3 Å². The first kappa shape index (κ1) is 9.78. The molecule has 1 nitrogen and oxygen atoms in total. The third-order valence-corrected chi connectivity index (χ3v) is 3.80. The van der Waals surface area contributed by atoms with Crippen molar-refractivity contribution >= 4 is 17.5 Å². The zero-order valence-electron chi connectivity index (χ0n) is 8.32. The van der Waals surface area contributed by atoms with E-state index >= 15 is 0 Å². The van der Waals surface area contributed by atoms with Gasteiger partial charge in [-0.3, -0.25) is 4.79 Å². The SMILES string of the molecule is Cc1ccc(S[C@H]2CCC(=O)C2)cc1. The lowest BCUT2D eigenvalue weighted by molar-refractivity contribution is -0.117. The van der Waals surface area contributed by atoms with Crippen molar-refractivity contribution in [2.75, 3.05) is 0 Å². The normalized spacial score (nSPS) is 21.5. The highest BCUT2D eigenvalue weighted by molar-refractivity contribution is 8.00. The lowest BCUT2D eigenvalue weighted by Crippen LogP contribution is -1.95. The highest BCUT2D eigenvalue weighted by atomic mass is 32.2. The largest absolute Gasteiger partial charge is 0.300 e. The Hall–Kier alpha value is -0.760. The van der Waals surface area contributed by atoms with Crippen molar-refractivity contribution in [1.29, 1.82) is 0 Å². The molecule has 0 radical (unpaired) electrons. The summed E-state index contributed by atoms with van der Waals surface area (Å²) >= 11 is 1.84. The monoisotopic (exact) mass is 206 g/mol. The van der Waals surface area contributed by atoms with Crippen LogP contribution in [-0.4, -0.2) is 11.0 Å². The van der Waals surface area contributed by atoms with E-state index in [1.807, 2.05) is 11.8 Å². The molecule has 0 amide bonds. The number of aryl methyl sites for hydroxylation is 1. The van der Waals surface area contributed by atoms with E-state index in [1.165, 1.54) is 10.5 Å². The third kappa shape index (κ3) is 2.38. The summed E-state index contributed by atoms with van der Waals surface area (Å²) in [6, 6.07) is 8.53. The van der Waals surface area contributed by atoms with E-state index in [2.05, 4.69) is 31.2 Å². The number of carbonyl (C=O) groups is 1. The van der Waals surface area contributed by atoms with Crippen LogP contribution in [0, 0.1) is 6.92 Å². The van der Waals surface area contributed by atoms with Crippen molar-refractivity contribution in [3.8, 4) is 0 Å². The lowest BCUT2D eigenvalue weighted by Gasteiger charge is -2.07. The molecule has 14 heavy (non-hydrogen) atoms. The van der Waals surface area contributed by atoms with E-state index in [1.54, 1.807) is 0 Å². The standard InChI is InChI=1S/C12H14OS/c1-9-2-5-11(6-3-9)14-12-7-4-10(13)8-12/h2-3,5-6,12H,4,7-8H2,1H3/t12-/m0/s1. The molecular formula is C12H14OS. The summed E-state index contributed by atoms with van der Waals surface area (Å²) in [6.07, 6.45) is 2.60. The van der Waals surface area contributed by atoms with Gasteiger partial charge in [0, 0.05) is 23.0 Å². The van der Waals surface area contributed by atoms with E-state index < -0.39 is 0 Å². The minimum Gasteiger partial charge on any atom is -0.300 e. The molecule has 0 bridgehead atoms. The Kier molecular flexibility index (Phi) is 2.92. The van der Waals surface area contributed by atoms with Crippen molar-refractivity contribution < 1.29 is 4.79 Å². The Balaban J connectivity index is 1.97. The molecular weight excluding hydrogens is 192 g/mol. The maximum Gasteiger partial charge on any atom is 0.134 e. The molecule has 1 fully saturated rings. The van der Waals surface area contributed by atoms with Crippen LogP contribution >= 0.6 is 11.8 Å². The zero-order chi connectivity index (χ0) is 9.97. The lowest BCUT2D eigenvalue weighted by atomic mass is 10.2. The summed E-state index contributed by atoms with van der Waals surface area (Å²) < 4.78 is 0. The van der Waals surface area contributed by atoms with Crippen LogP contribution in [0.1, 0.15) is 24.8 Å². The molecule has 1 saturated carbocycles. The van der Waals surface area contributed by atoms with Gasteiger partial charge in [0.2, 0.25) is 0 Å². The van der Waals surface area contributed by atoms with Gasteiger partial charge in [-0.2, -0.15) is 0 Å². The van der Waals surface area contributed by atoms with Crippen molar-refractivity contribution in [2.24, 2.45) is 0 Å². The van der Waals surface area contributed by atoms with Gasteiger partial charge in [-0.15, -0.1) is 11.8 Å². The zero-order valence-corrected chi connectivity index (χ0v) is 9.14. The van der Waals surface area contributed by atoms with Gasteiger partial charge >= 0.3 is 0 Å². The second-order valence-electron chi connectivity index (χ2n) is 3.83. The Morgan fingerprint density at radius 2 is 2.00 bits per heavy atom. The van der Waals surface area contributed by atoms with E-state index in [-0.39, 0.29) is 0 Å². The number of Topliss-reactive ketones (excluding diaryl/α,β-unsaturated/α-hetero) is 1. The van der Waals surface area contributed by atoms with Gasteiger partial charge in [-0.25, -0.2) is 0 Å². The van der Waals surface area contributed by atoms with Gasteiger partial charge in [0.15, 0.2) is 0 Å². The van der Waals surface area contributed by atoms with Crippen LogP contribution in [0.25, 0.3) is 0 Å². The molecule has 1 atom stereocenters. The van der Waals surface area contributed by atoms with Gasteiger partial charge in [0.25, 0.3) is 0 Å². The summed E-state index contributed by atoms with van der Waals surface area (Å²) in [5, 5.41) is 0.519. The summed E-state index contributed by atoms with van der Waals surface area (Å²) in [5.74, 6) is 0.426. The minimum absolute atomic E-state index is 0.426. The van der Waals surface area contributed by atoms with Gasteiger partial charge in [0.1, 0.15) is 5.78 Å². The fraction of sp³-hybridized carbons (Fsp3) is 0.417. The van der Waals surface area contributed by atoms with Crippen molar-refractivity contribution in [1.82, 2.24) is 0 Å². The number of thioether (sulfide) groups is 1. The van der Waals surface area contributed by atoms with Gasteiger partial charge < -0.3 is 0 Å². The molecule has 1 aliphatic carbocycles. The predicted molar refractivity (Wildman–Crippen MR) is 59.7 cm³/mol. The van der Waals surface area contributed by atoms with Gasteiger partial charge in [-0.1, -0.05) is 17.7 Å². The molecule has 0 unspecified atom stereocenters. The molecule has 0 saturated heterocycles. The first-order chi connectivity index (χ1) is 6.74. The highest BCUT2D eigenvalue weighted by Gasteiger charge is 2.22. The molecule has 2 heteroatoms. The molecule has 0 aromatic heterocycles. The Labute approximate surface area is 88.9 Å². The summed E-state index contributed by atoms with van der Waals surface area (Å²) in [4.78, 5) is 12.4. The van der Waals surface area contributed by atoms with Crippen molar-refractivity contribution in [3.05, 3.63) is 29.8 Å². The molecule has 1 aliphatic rings. The summed E-state index contributed by atoms with van der Waals surface area (Å²) in [7, 11) is 0. The third-order valence-electron chi connectivity index (χ3n) is 2.52. The second kappa shape index (κ2) is 4.18. The molecule has 0 N–H and O–H groups in total. The van der Waals surface area contributed by atoms with E-state index in [4.69, 9.17) is 0 Å². The molecule has 1 aromatic rings. The average Bonchev–Trinajstić information content (AvgIpc) is 2.56. The van der Waals surface area contributed by atoms with Crippen LogP contribution < -0.4 is 0 Å². The van der Waals surface area contributed by atoms with Crippen LogP contribution in [0.4, 0.5) is 0 Å². The number of rotatable bonds is 2. The molecule has 1 aromatic carbocycles. The van der Waals surface area contributed by atoms with Crippen molar-refractivity contribution in [3.63, 3.8) is 0 Å². The summed E-state index contributed by atoms with van der Waals surface area (Å²) in [6.45, 7) is 2.09. The van der Waals surface area contributed by atoms with Crippen LogP contribution in [0.3, 0.4) is 0 Å². The number of hydrogen-bond acceptors (Lipinski definition) is 2. The number of carbonyl (C=O) groups excluding carboxylic acids is 1. The fourth-order valence-corrected chi connectivity index (χ4v) is 2.87. The van der Waals surface area contributed by atoms with Crippen LogP contribution in [-0.2, 0) is 4.79 Å². The van der Waals surface area contributed by atoms with Gasteiger partial charge in [0.05, 0.1) is 0 Å². The van der Waals surface area contributed by atoms with Gasteiger partial charge in [-0.05, 0) is 25.5 Å². The maximum atomic E-state index is 11.1. The molecule has 0 aliphatic heterocycles. The highest BCUT2D eigenvalue weighted by Crippen LogP contribution is 2.32. The number of hydrogen-bond donors (Lipinski definition) is 0. The topological polar surface area (TPSA) is 17.1 Å². The fourth-order valence-electron chi connectivity index (χ4n) is 1.69.